The normalized spacial score (nSPS) is 10.4. The summed E-state index contributed by atoms with van der Waals surface area (Å²) in [6.07, 6.45) is 2.23. The Bertz CT molecular complexity index is 500. The first-order chi connectivity index (χ1) is 8.66. The van der Waals surface area contributed by atoms with Crippen molar-refractivity contribution < 1.29 is 0 Å². The van der Waals surface area contributed by atoms with Crippen LogP contribution in [-0.4, -0.2) is 14.1 Å². The van der Waals surface area contributed by atoms with Crippen LogP contribution in [0.3, 0.4) is 0 Å². The Kier molecular flexibility index (Phi) is 4.03. The van der Waals surface area contributed by atoms with Crippen LogP contribution in [0.4, 0.5) is 5.69 Å². The van der Waals surface area contributed by atoms with Gasteiger partial charge in [0.2, 0.25) is 0 Å². The molecule has 0 atom stereocenters. The maximum absolute atomic E-state index is 2.26. The van der Waals surface area contributed by atoms with E-state index in [0.717, 1.165) is 12.8 Å². The van der Waals surface area contributed by atoms with Crippen molar-refractivity contribution in [1.29, 1.82) is 0 Å². The van der Waals surface area contributed by atoms with Gasteiger partial charge in [-0.25, -0.2) is 0 Å². The van der Waals surface area contributed by atoms with E-state index in [-0.39, 0.29) is 0 Å². The molecule has 0 fully saturated rings. The highest BCUT2D eigenvalue weighted by molar-refractivity contribution is 5.49. The standard InChI is InChI=1S/C17H21N/c1-14-13-17(18(2)3)12-11-16(14)10-9-15-7-5-4-6-8-15/h4-8,11-13H,9-10H2,1-3H3. The summed E-state index contributed by atoms with van der Waals surface area (Å²) in [5.41, 5.74) is 5.52. The lowest BCUT2D eigenvalue weighted by atomic mass is 10.00. The molecule has 2 rings (SSSR count). The van der Waals surface area contributed by atoms with Crippen LogP contribution in [0.25, 0.3) is 0 Å². The molecular weight excluding hydrogens is 218 g/mol. The number of hydrogen-bond donors (Lipinski definition) is 0. The van der Waals surface area contributed by atoms with E-state index in [1.165, 1.54) is 22.4 Å². The molecule has 0 aliphatic rings. The van der Waals surface area contributed by atoms with Gasteiger partial charge >= 0.3 is 0 Å². The highest BCUT2D eigenvalue weighted by atomic mass is 15.1. The van der Waals surface area contributed by atoms with Crippen molar-refractivity contribution in [3.05, 3.63) is 65.2 Å². The van der Waals surface area contributed by atoms with Gasteiger partial charge in [-0.1, -0.05) is 36.4 Å². The van der Waals surface area contributed by atoms with Crippen LogP contribution in [0, 0.1) is 6.92 Å². The summed E-state index contributed by atoms with van der Waals surface area (Å²) in [5, 5.41) is 0. The fourth-order valence-electron chi connectivity index (χ4n) is 2.16. The summed E-state index contributed by atoms with van der Waals surface area (Å²) in [6.45, 7) is 2.20. The SMILES string of the molecule is Cc1cc(N(C)C)ccc1CCc1ccccc1. The molecule has 1 nitrogen and oxygen atoms in total. The second-order valence-electron chi connectivity index (χ2n) is 4.99. The minimum atomic E-state index is 1.11. The van der Waals surface area contributed by atoms with E-state index in [1.54, 1.807) is 0 Å². The lowest BCUT2D eigenvalue weighted by Crippen LogP contribution is -2.09. The van der Waals surface area contributed by atoms with Crippen LogP contribution >= 0.6 is 0 Å². The van der Waals surface area contributed by atoms with Crippen molar-refractivity contribution in [1.82, 2.24) is 0 Å². The Morgan fingerprint density at radius 1 is 0.889 bits per heavy atom. The zero-order valence-electron chi connectivity index (χ0n) is 11.5. The quantitative estimate of drug-likeness (QED) is 0.783. The Balaban J connectivity index is 2.06. The van der Waals surface area contributed by atoms with Crippen molar-refractivity contribution in [2.75, 3.05) is 19.0 Å². The number of aryl methyl sites for hydroxylation is 3. The van der Waals surface area contributed by atoms with Gasteiger partial charge < -0.3 is 4.90 Å². The fourth-order valence-corrected chi connectivity index (χ4v) is 2.16. The van der Waals surface area contributed by atoms with Crippen molar-refractivity contribution in [2.24, 2.45) is 0 Å². The van der Waals surface area contributed by atoms with Gasteiger partial charge in [0.25, 0.3) is 0 Å². The maximum Gasteiger partial charge on any atom is 0.0363 e. The lowest BCUT2D eigenvalue weighted by molar-refractivity contribution is 0.947. The topological polar surface area (TPSA) is 3.24 Å². The predicted octanol–water partition coefficient (Wildman–Crippen LogP) is 3.85. The summed E-state index contributed by atoms with van der Waals surface area (Å²) in [7, 11) is 4.16. The van der Waals surface area contributed by atoms with Gasteiger partial charge in [0.15, 0.2) is 0 Å². The van der Waals surface area contributed by atoms with Gasteiger partial charge in [-0.2, -0.15) is 0 Å². The number of hydrogen-bond acceptors (Lipinski definition) is 1. The molecule has 0 unspecified atom stereocenters. The Morgan fingerprint density at radius 2 is 1.61 bits per heavy atom. The molecule has 0 radical (unpaired) electrons. The van der Waals surface area contributed by atoms with Crippen molar-refractivity contribution >= 4 is 5.69 Å². The van der Waals surface area contributed by atoms with Crippen LogP contribution < -0.4 is 4.90 Å². The van der Waals surface area contributed by atoms with E-state index in [9.17, 15) is 0 Å². The molecule has 0 aromatic heterocycles. The maximum atomic E-state index is 2.26. The van der Waals surface area contributed by atoms with E-state index in [0.29, 0.717) is 0 Å². The first kappa shape index (κ1) is 12.7. The second kappa shape index (κ2) is 5.72. The van der Waals surface area contributed by atoms with Crippen LogP contribution in [-0.2, 0) is 12.8 Å². The minimum absolute atomic E-state index is 1.11. The first-order valence-corrected chi connectivity index (χ1v) is 6.47. The molecule has 0 spiro atoms. The van der Waals surface area contributed by atoms with Gasteiger partial charge in [-0.15, -0.1) is 0 Å². The average molecular weight is 239 g/mol. The van der Waals surface area contributed by atoms with E-state index in [1.807, 2.05) is 0 Å². The molecule has 2 aromatic rings. The van der Waals surface area contributed by atoms with Crippen molar-refractivity contribution in [2.45, 2.75) is 19.8 Å². The molecule has 0 heterocycles. The average Bonchev–Trinajstić information content (AvgIpc) is 2.38. The molecule has 0 aliphatic carbocycles. The van der Waals surface area contributed by atoms with Crippen LogP contribution in [0.15, 0.2) is 48.5 Å². The molecule has 0 amide bonds. The molecule has 94 valence electrons. The molecule has 2 aromatic carbocycles. The second-order valence-corrected chi connectivity index (χ2v) is 4.99. The van der Waals surface area contributed by atoms with Gasteiger partial charge in [0.1, 0.15) is 0 Å². The molecule has 0 saturated carbocycles. The summed E-state index contributed by atoms with van der Waals surface area (Å²) in [5.74, 6) is 0. The highest BCUT2D eigenvalue weighted by Gasteiger charge is 2.02. The summed E-state index contributed by atoms with van der Waals surface area (Å²) in [4.78, 5) is 2.15. The van der Waals surface area contributed by atoms with Crippen LogP contribution in [0.1, 0.15) is 16.7 Å². The van der Waals surface area contributed by atoms with E-state index in [2.05, 4.69) is 74.4 Å². The number of anilines is 1. The van der Waals surface area contributed by atoms with E-state index >= 15 is 0 Å². The molecule has 0 N–H and O–H groups in total. The predicted molar refractivity (Wildman–Crippen MR) is 79.4 cm³/mol. The van der Waals surface area contributed by atoms with Gasteiger partial charge in [-0.3, -0.25) is 0 Å². The third kappa shape index (κ3) is 3.13. The number of benzene rings is 2. The van der Waals surface area contributed by atoms with Crippen LogP contribution in [0.2, 0.25) is 0 Å². The zero-order valence-corrected chi connectivity index (χ0v) is 11.5. The van der Waals surface area contributed by atoms with E-state index in [4.69, 9.17) is 0 Å². The monoisotopic (exact) mass is 239 g/mol. The van der Waals surface area contributed by atoms with Gasteiger partial charge in [0.05, 0.1) is 0 Å². The Hall–Kier alpha value is -1.76. The smallest absolute Gasteiger partial charge is 0.0363 e. The number of rotatable bonds is 4. The minimum Gasteiger partial charge on any atom is -0.378 e. The Labute approximate surface area is 110 Å². The molecule has 0 bridgehead atoms. The summed E-state index contributed by atoms with van der Waals surface area (Å²) >= 11 is 0. The van der Waals surface area contributed by atoms with Gasteiger partial charge in [-0.05, 0) is 48.6 Å². The summed E-state index contributed by atoms with van der Waals surface area (Å²) in [6, 6.07) is 17.4. The molecular formula is C17H21N. The molecule has 1 heteroatoms. The lowest BCUT2D eigenvalue weighted by Gasteiger charge is -2.15. The van der Waals surface area contributed by atoms with Gasteiger partial charge in [0, 0.05) is 19.8 Å². The fraction of sp³-hybridized carbons (Fsp3) is 0.294. The first-order valence-electron chi connectivity index (χ1n) is 6.47. The van der Waals surface area contributed by atoms with Crippen LogP contribution in [0.5, 0.6) is 0 Å². The zero-order chi connectivity index (χ0) is 13.0. The third-order valence-electron chi connectivity index (χ3n) is 3.37. The van der Waals surface area contributed by atoms with Crippen molar-refractivity contribution in [3.63, 3.8) is 0 Å². The van der Waals surface area contributed by atoms with E-state index < -0.39 is 0 Å². The van der Waals surface area contributed by atoms with Crippen molar-refractivity contribution in [3.8, 4) is 0 Å². The largest absolute Gasteiger partial charge is 0.378 e. The number of nitrogens with zero attached hydrogens (tertiary/aromatic N) is 1. The third-order valence-corrected chi connectivity index (χ3v) is 3.37. The molecule has 0 saturated heterocycles. The Morgan fingerprint density at radius 3 is 2.22 bits per heavy atom. The molecule has 0 aliphatic heterocycles. The molecule has 18 heavy (non-hydrogen) atoms. The summed E-state index contributed by atoms with van der Waals surface area (Å²) < 4.78 is 0. The highest BCUT2D eigenvalue weighted by Crippen LogP contribution is 2.18.